The Morgan fingerprint density at radius 1 is 1.24 bits per heavy atom. The molecule has 0 heterocycles. The molecule has 21 heavy (non-hydrogen) atoms. The topological polar surface area (TPSA) is 111 Å². The largest absolute Gasteiger partial charge is 0.483 e. The fourth-order valence-corrected chi connectivity index (χ4v) is 1.44. The summed E-state index contributed by atoms with van der Waals surface area (Å²) < 4.78 is 5.19. The number of ether oxygens (including phenoxy) is 1. The van der Waals surface area contributed by atoms with Crippen LogP contribution in [0.1, 0.15) is 24.2 Å². The van der Waals surface area contributed by atoms with Crippen LogP contribution in [0.5, 0.6) is 5.75 Å². The van der Waals surface area contributed by atoms with Gasteiger partial charge in [0.1, 0.15) is 5.75 Å². The normalized spacial score (nSPS) is 10.0. The molecule has 0 saturated carbocycles. The van der Waals surface area contributed by atoms with E-state index in [4.69, 9.17) is 10.5 Å². The van der Waals surface area contributed by atoms with Crippen LogP contribution in [-0.4, -0.2) is 31.0 Å². The molecule has 0 spiro atoms. The Balaban J connectivity index is 2.47. The molecule has 7 heteroatoms. The van der Waals surface area contributed by atoms with E-state index in [1.165, 1.54) is 12.1 Å². The van der Waals surface area contributed by atoms with Crippen molar-refractivity contribution >= 4 is 17.8 Å². The van der Waals surface area contributed by atoms with Crippen molar-refractivity contribution in [3.05, 3.63) is 29.8 Å². The van der Waals surface area contributed by atoms with Gasteiger partial charge in [0, 0.05) is 6.54 Å². The highest BCUT2D eigenvalue weighted by molar-refractivity contribution is 5.96. The predicted molar refractivity (Wildman–Crippen MR) is 76.8 cm³/mol. The predicted octanol–water partition coefficient (Wildman–Crippen LogP) is 0.646. The van der Waals surface area contributed by atoms with Gasteiger partial charge in [-0.3, -0.25) is 14.9 Å². The minimum absolute atomic E-state index is 0.176. The van der Waals surface area contributed by atoms with Crippen molar-refractivity contribution in [1.29, 1.82) is 0 Å². The highest BCUT2D eigenvalue weighted by Gasteiger charge is 2.12. The summed E-state index contributed by atoms with van der Waals surface area (Å²) >= 11 is 0. The van der Waals surface area contributed by atoms with Crippen LogP contribution in [0.25, 0.3) is 0 Å². The van der Waals surface area contributed by atoms with Crippen molar-refractivity contribution < 1.29 is 19.1 Å². The molecule has 0 fully saturated rings. The third-order valence-corrected chi connectivity index (χ3v) is 2.44. The first-order chi connectivity index (χ1) is 9.90. The lowest BCUT2D eigenvalue weighted by Gasteiger charge is -2.10. The lowest BCUT2D eigenvalue weighted by molar-refractivity contribution is -0.122. The van der Waals surface area contributed by atoms with E-state index in [1.54, 1.807) is 12.1 Å². The van der Waals surface area contributed by atoms with E-state index < -0.39 is 17.8 Å². The fraction of sp³-hybridized carbons (Fsp3) is 0.357. The van der Waals surface area contributed by atoms with Gasteiger partial charge in [-0.1, -0.05) is 26.0 Å². The first-order valence-electron chi connectivity index (χ1n) is 6.49. The van der Waals surface area contributed by atoms with Gasteiger partial charge in [0.25, 0.3) is 11.8 Å². The summed E-state index contributed by atoms with van der Waals surface area (Å²) in [6, 6.07) is 5.71. The Labute approximate surface area is 122 Å². The molecular weight excluding hydrogens is 274 g/mol. The molecule has 1 aromatic rings. The average molecular weight is 293 g/mol. The molecule has 1 aromatic carbocycles. The van der Waals surface area contributed by atoms with Crippen molar-refractivity contribution in [1.82, 2.24) is 10.6 Å². The number of nitrogens with two attached hydrogens (primary N) is 1. The fourth-order valence-electron chi connectivity index (χ4n) is 1.44. The molecule has 4 N–H and O–H groups in total. The highest BCUT2D eigenvalue weighted by Crippen LogP contribution is 2.16. The van der Waals surface area contributed by atoms with Gasteiger partial charge in [0.05, 0.1) is 5.56 Å². The first-order valence-corrected chi connectivity index (χ1v) is 6.49. The van der Waals surface area contributed by atoms with Crippen LogP contribution in [0.3, 0.4) is 0 Å². The van der Waals surface area contributed by atoms with Gasteiger partial charge in [-0.15, -0.1) is 0 Å². The Morgan fingerprint density at radius 2 is 1.90 bits per heavy atom. The van der Waals surface area contributed by atoms with E-state index in [9.17, 15) is 14.4 Å². The standard InChI is InChI=1S/C14H19N3O4/c1-9(2)7-16-14(20)17-12(18)8-21-11-6-4-3-5-10(11)13(15)19/h3-6,9H,7-8H2,1-2H3,(H2,15,19)(H2,16,17,18,20). The van der Waals surface area contributed by atoms with Crippen LogP contribution in [0.4, 0.5) is 4.79 Å². The van der Waals surface area contributed by atoms with Crippen molar-refractivity contribution in [2.45, 2.75) is 13.8 Å². The number of nitrogens with one attached hydrogen (secondary N) is 2. The van der Waals surface area contributed by atoms with E-state index in [1.807, 2.05) is 13.8 Å². The molecule has 0 aliphatic carbocycles. The second-order valence-corrected chi connectivity index (χ2v) is 4.80. The maximum absolute atomic E-state index is 11.5. The van der Waals surface area contributed by atoms with E-state index >= 15 is 0 Å². The van der Waals surface area contributed by atoms with Gasteiger partial charge < -0.3 is 15.8 Å². The zero-order valence-electron chi connectivity index (χ0n) is 12.0. The van der Waals surface area contributed by atoms with Crippen molar-refractivity contribution in [3.63, 3.8) is 0 Å². The third-order valence-electron chi connectivity index (χ3n) is 2.44. The Hall–Kier alpha value is -2.57. The maximum atomic E-state index is 11.5. The number of urea groups is 1. The quantitative estimate of drug-likeness (QED) is 0.715. The molecular formula is C14H19N3O4. The van der Waals surface area contributed by atoms with E-state index in [0.717, 1.165) is 0 Å². The molecule has 114 valence electrons. The van der Waals surface area contributed by atoms with Crippen LogP contribution in [-0.2, 0) is 4.79 Å². The maximum Gasteiger partial charge on any atom is 0.321 e. The number of hydrogen-bond donors (Lipinski definition) is 3. The van der Waals surface area contributed by atoms with Gasteiger partial charge in [-0.05, 0) is 18.1 Å². The molecule has 0 atom stereocenters. The molecule has 0 unspecified atom stereocenters. The zero-order valence-corrected chi connectivity index (χ0v) is 12.0. The zero-order chi connectivity index (χ0) is 15.8. The summed E-state index contributed by atoms with van der Waals surface area (Å²) in [7, 11) is 0. The second kappa shape index (κ2) is 7.88. The van der Waals surface area contributed by atoms with Gasteiger partial charge in [0.15, 0.2) is 6.61 Å². The molecule has 0 bridgehead atoms. The summed E-state index contributed by atoms with van der Waals surface area (Å²) in [6.45, 7) is 3.95. The number of benzene rings is 1. The summed E-state index contributed by atoms with van der Waals surface area (Å²) in [5.41, 5.74) is 5.36. The number of imide groups is 1. The average Bonchev–Trinajstić information content (AvgIpc) is 2.43. The number of carbonyl (C=O) groups excluding carboxylic acids is 3. The SMILES string of the molecule is CC(C)CNC(=O)NC(=O)COc1ccccc1C(N)=O. The minimum atomic E-state index is -0.652. The third kappa shape index (κ3) is 5.94. The van der Waals surface area contributed by atoms with Crippen molar-refractivity contribution in [2.75, 3.05) is 13.2 Å². The molecule has 0 radical (unpaired) electrons. The smallest absolute Gasteiger partial charge is 0.321 e. The Morgan fingerprint density at radius 3 is 2.52 bits per heavy atom. The molecule has 0 aromatic heterocycles. The number of carbonyl (C=O) groups is 3. The summed E-state index contributed by atoms with van der Waals surface area (Å²) in [4.78, 5) is 34.1. The minimum Gasteiger partial charge on any atom is -0.483 e. The summed E-state index contributed by atoms with van der Waals surface area (Å²) in [5, 5.41) is 4.66. The lowest BCUT2D eigenvalue weighted by atomic mass is 10.2. The second-order valence-electron chi connectivity index (χ2n) is 4.80. The summed E-state index contributed by atoms with van der Waals surface area (Å²) in [6.07, 6.45) is 0. The Bertz CT molecular complexity index is 529. The van der Waals surface area contributed by atoms with E-state index in [-0.39, 0.29) is 23.8 Å². The van der Waals surface area contributed by atoms with Gasteiger partial charge >= 0.3 is 6.03 Å². The number of hydrogen-bond acceptors (Lipinski definition) is 4. The number of amides is 4. The van der Waals surface area contributed by atoms with E-state index in [2.05, 4.69) is 10.6 Å². The van der Waals surface area contributed by atoms with E-state index in [0.29, 0.717) is 6.54 Å². The lowest BCUT2D eigenvalue weighted by Crippen LogP contribution is -2.42. The van der Waals surface area contributed by atoms with Crippen LogP contribution in [0.15, 0.2) is 24.3 Å². The molecule has 4 amide bonds. The van der Waals surface area contributed by atoms with Crippen molar-refractivity contribution in [3.8, 4) is 5.75 Å². The molecule has 0 aliphatic heterocycles. The molecule has 7 nitrogen and oxygen atoms in total. The Kier molecular flexibility index (Phi) is 6.19. The van der Waals surface area contributed by atoms with Gasteiger partial charge in [-0.25, -0.2) is 4.79 Å². The van der Waals surface area contributed by atoms with Crippen LogP contribution < -0.4 is 21.1 Å². The number of primary amides is 1. The molecule has 0 aliphatic rings. The van der Waals surface area contributed by atoms with Gasteiger partial charge in [-0.2, -0.15) is 0 Å². The monoisotopic (exact) mass is 293 g/mol. The molecule has 1 rings (SSSR count). The number of para-hydroxylation sites is 1. The first kappa shape index (κ1) is 16.5. The number of rotatable bonds is 6. The van der Waals surface area contributed by atoms with Crippen molar-refractivity contribution in [2.24, 2.45) is 11.7 Å². The van der Waals surface area contributed by atoms with Crippen LogP contribution in [0.2, 0.25) is 0 Å². The van der Waals surface area contributed by atoms with Crippen LogP contribution in [0, 0.1) is 5.92 Å². The summed E-state index contributed by atoms with van der Waals surface area (Å²) in [5.74, 6) is -0.788. The highest BCUT2D eigenvalue weighted by atomic mass is 16.5. The van der Waals surface area contributed by atoms with Gasteiger partial charge in [0.2, 0.25) is 0 Å². The van der Waals surface area contributed by atoms with Crippen LogP contribution >= 0.6 is 0 Å². The molecule has 0 saturated heterocycles.